The van der Waals surface area contributed by atoms with Gasteiger partial charge in [-0.25, -0.2) is 21.6 Å². The van der Waals surface area contributed by atoms with Crippen molar-refractivity contribution in [2.75, 3.05) is 30.3 Å². The number of hydrogen-bond acceptors (Lipinski definition) is 6. The lowest BCUT2D eigenvalue weighted by molar-refractivity contribution is 0.0744. The van der Waals surface area contributed by atoms with Crippen LogP contribution in [0.3, 0.4) is 0 Å². The fourth-order valence-electron chi connectivity index (χ4n) is 3.24. The summed E-state index contributed by atoms with van der Waals surface area (Å²) in [6.07, 6.45) is -0.676. The zero-order valence-electron chi connectivity index (χ0n) is 13.7. The number of carbonyl (C=O) groups is 1. The maximum atomic E-state index is 12.5. The maximum Gasteiger partial charge on any atom is 0.410 e. The summed E-state index contributed by atoms with van der Waals surface area (Å²) in [6, 6.07) is 8.97. The predicted molar refractivity (Wildman–Crippen MR) is 92.7 cm³/mol. The Morgan fingerprint density at radius 3 is 2.36 bits per heavy atom. The second kappa shape index (κ2) is 6.95. The van der Waals surface area contributed by atoms with Gasteiger partial charge in [0, 0.05) is 13.1 Å². The number of hydrogen-bond donors (Lipinski definition) is 0. The highest BCUT2D eigenvalue weighted by molar-refractivity contribution is 7.91. The third-order valence-electron chi connectivity index (χ3n) is 4.63. The Bertz CT molecular complexity index is 835. The molecule has 0 bridgehead atoms. The van der Waals surface area contributed by atoms with Gasteiger partial charge in [0.1, 0.15) is 6.10 Å². The van der Waals surface area contributed by atoms with E-state index in [2.05, 4.69) is 0 Å². The van der Waals surface area contributed by atoms with E-state index in [-0.39, 0.29) is 30.3 Å². The Kier molecular flexibility index (Phi) is 5.06. The molecule has 0 N–H and O–H groups in total. The van der Waals surface area contributed by atoms with Gasteiger partial charge in [0.05, 0.1) is 22.5 Å². The molecule has 2 aliphatic heterocycles. The summed E-state index contributed by atoms with van der Waals surface area (Å²) in [4.78, 5) is 13.7. The van der Waals surface area contributed by atoms with Gasteiger partial charge >= 0.3 is 6.09 Å². The monoisotopic (exact) mass is 387 g/mol. The fourth-order valence-corrected chi connectivity index (χ4v) is 6.62. The molecule has 3 rings (SSSR count). The van der Waals surface area contributed by atoms with E-state index in [9.17, 15) is 21.6 Å². The standard InChI is InChI=1S/C16H21NO6S2/c18-16(23-14-7-10-24(19,20)12-14)17-8-6-15(25(21,22)11-9-17)13-4-2-1-3-5-13/h1-5,14-15H,6-12H2. The van der Waals surface area contributed by atoms with E-state index in [1.54, 1.807) is 24.3 Å². The van der Waals surface area contributed by atoms with Crippen molar-refractivity contribution in [2.24, 2.45) is 0 Å². The normalized spacial score (nSPS) is 28.2. The average molecular weight is 387 g/mol. The van der Waals surface area contributed by atoms with Gasteiger partial charge in [0.25, 0.3) is 0 Å². The Hall–Kier alpha value is -1.61. The molecule has 2 aliphatic rings. The predicted octanol–water partition coefficient (Wildman–Crippen LogP) is 1.17. The second-order valence-corrected chi connectivity index (χ2v) is 11.0. The summed E-state index contributed by atoms with van der Waals surface area (Å²) in [6.45, 7) is 0.321. The van der Waals surface area contributed by atoms with Crippen molar-refractivity contribution in [1.82, 2.24) is 4.90 Å². The van der Waals surface area contributed by atoms with E-state index in [1.807, 2.05) is 6.07 Å². The van der Waals surface area contributed by atoms with Crippen LogP contribution in [0.4, 0.5) is 4.79 Å². The topological polar surface area (TPSA) is 97.8 Å². The molecular weight excluding hydrogens is 366 g/mol. The molecule has 2 atom stereocenters. The Balaban J connectivity index is 1.67. The van der Waals surface area contributed by atoms with Crippen molar-refractivity contribution in [1.29, 1.82) is 0 Å². The molecule has 9 heteroatoms. The first kappa shape index (κ1) is 18.2. The number of nitrogens with zero attached hydrogens (tertiary/aromatic N) is 1. The molecule has 1 aromatic rings. The van der Waals surface area contributed by atoms with Gasteiger partial charge < -0.3 is 9.64 Å². The molecule has 0 aliphatic carbocycles. The maximum absolute atomic E-state index is 12.5. The molecule has 2 heterocycles. The summed E-state index contributed by atoms with van der Waals surface area (Å²) in [5.41, 5.74) is 0.722. The van der Waals surface area contributed by atoms with E-state index in [0.29, 0.717) is 12.8 Å². The van der Waals surface area contributed by atoms with Crippen LogP contribution in [-0.2, 0) is 24.4 Å². The molecule has 2 saturated heterocycles. The third kappa shape index (κ3) is 4.33. The number of rotatable bonds is 2. The van der Waals surface area contributed by atoms with Crippen LogP contribution in [0.1, 0.15) is 23.7 Å². The fraction of sp³-hybridized carbons (Fsp3) is 0.562. The van der Waals surface area contributed by atoms with E-state index in [4.69, 9.17) is 4.74 Å². The van der Waals surface area contributed by atoms with E-state index < -0.39 is 37.1 Å². The van der Waals surface area contributed by atoms with Crippen molar-refractivity contribution in [3.8, 4) is 0 Å². The molecule has 0 aromatic heterocycles. The molecule has 0 saturated carbocycles. The highest BCUT2D eigenvalue weighted by atomic mass is 32.2. The molecule has 1 aromatic carbocycles. The summed E-state index contributed by atoms with van der Waals surface area (Å²) >= 11 is 0. The number of carbonyl (C=O) groups excluding carboxylic acids is 1. The van der Waals surface area contributed by atoms with Crippen molar-refractivity contribution in [2.45, 2.75) is 24.2 Å². The van der Waals surface area contributed by atoms with Gasteiger partial charge in [-0.2, -0.15) is 0 Å². The molecule has 7 nitrogen and oxygen atoms in total. The van der Waals surface area contributed by atoms with Crippen LogP contribution in [0.2, 0.25) is 0 Å². The lowest BCUT2D eigenvalue weighted by atomic mass is 10.1. The van der Waals surface area contributed by atoms with Crippen molar-refractivity contribution in [3.63, 3.8) is 0 Å². The third-order valence-corrected chi connectivity index (χ3v) is 8.49. The van der Waals surface area contributed by atoms with Gasteiger partial charge in [-0.05, 0) is 18.4 Å². The largest absolute Gasteiger partial charge is 0.445 e. The van der Waals surface area contributed by atoms with E-state index in [1.165, 1.54) is 4.90 Å². The minimum absolute atomic E-state index is 0.0232. The summed E-state index contributed by atoms with van der Waals surface area (Å²) in [5, 5.41) is -0.640. The van der Waals surface area contributed by atoms with E-state index >= 15 is 0 Å². The number of amides is 1. The lowest BCUT2D eigenvalue weighted by Crippen LogP contribution is -2.36. The van der Waals surface area contributed by atoms with Gasteiger partial charge in [-0.15, -0.1) is 0 Å². The first-order valence-corrected chi connectivity index (χ1v) is 11.7. The van der Waals surface area contributed by atoms with Crippen LogP contribution in [0, 0.1) is 0 Å². The molecule has 2 unspecified atom stereocenters. The van der Waals surface area contributed by atoms with Crippen LogP contribution >= 0.6 is 0 Å². The zero-order chi connectivity index (χ0) is 18.1. The van der Waals surface area contributed by atoms with Gasteiger partial charge in [-0.3, -0.25) is 0 Å². The van der Waals surface area contributed by atoms with Crippen LogP contribution < -0.4 is 0 Å². The quantitative estimate of drug-likeness (QED) is 0.756. The Morgan fingerprint density at radius 1 is 1.00 bits per heavy atom. The highest BCUT2D eigenvalue weighted by Gasteiger charge is 2.35. The smallest absolute Gasteiger partial charge is 0.410 e. The number of sulfone groups is 2. The molecule has 1 amide bonds. The molecule has 0 radical (unpaired) electrons. The Morgan fingerprint density at radius 2 is 1.72 bits per heavy atom. The minimum Gasteiger partial charge on any atom is -0.445 e. The second-order valence-electron chi connectivity index (χ2n) is 6.45. The average Bonchev–Trinajstić information content (AvgIpc) is 2.80. The summed E-state index contributed by atoms with van der Waals surface area (Å²) in [5.74, 6) is -0.266. The number of ether oxygens (including phenoxy) is 1. The number of benzene rings is 1. The summed E-state index contributed by atoms with van der Waals surface area (Å²) in [7, 11) is -6.50. The molecular formula is C16H21NO6S2. The zero-order valence-corrected chi connectivity index (χ0v) is 15.3. The van der Waals surface area contributed by atoms with Crippen molar-refractivity contribution in [3.05, 3.63) is 35.9 Å². The van der Waals surface area contributed by atoms with Gasteiger partial charge in [-0.1, -0.05) is 30.3 Å². The first-order valence-electron chi connectivity index (χ1n) is 8.19. The summed E-state index contributed by atoms with van der Waals surface area (Å²) < 4.78 is 53.3. The van der Waals surface area contributed by atoms with Gasteiger partial charge in [0.15, 0.2) is 19.7 Å². The van der Waals surface area contributed by atoms with E-state index in [0.717, 1.165) is 5.56 Å². The van der Waals surface area contributed by atoms with Crippen LogP contribution in [-0.4, -0.2) is 64.3 Å². The highest BCUT2D eigenvalue weighted by Crippen LogP contribution is 2.29. The molecule has 138 valence electrons. The molecule has 2 fully saturated rings. The van der Waals surface area contributed by atoms with Crippen molar-refractivity contribution < 1.29 is 26.4 Å². The Labute approximate surface area is 147 Å². The molecule has 0 spiro atoms. The lowest BCUT2D eigenvalue weighted by Gasteiger charge is -2.21. The van der Waals surface area contributed by atoms with Gasteiger partial charge in [0.2, 0.25) is 0 Å². The van der Waals surface area contributed by atoms with Crippen molar-refractivity contribution >= 4 is 25.8 Å². The molecule has 25 heavy (non-hydrogen) atoms. The first-order chi connectivity index (χ1) is 11.8. The van der Waals surface area contributed by atoms with Crippen LogP contribution in [0.25, 0.3) is 0 Å². The SMILES string of the molecule is O=C(OC1CCS(=O)(=O)C1)N1CCC(c2ccccc2)S(=O)(=O)CC1. The van der Waals surface area contributed by atoms with Crippen LogP contribution in [0.5, 0.6) is 0 Å². The van der Waals surface area contributed by atoms with Crippen LogP contribution in [0.15, 0.2) is 30.3 Å². The minimum atomic E-state index is -3.37.